The number of hydrogen-bond acceptors (Lipinski definition) is 3. The van der Waals surface area contributed by atoms with E-state index < -0.39 is 8.16 Å². The third-order valence-electron chi connectivity index (χ3n) is 12.9. The van der Waals surface area contributed by atoms with Crippen LogP contribution < -0.4 is 4.67 Å². The molecule has 1 aromatic heterocycles. The predicted molar refractivity (Wildman–Crippen MR) is 236 cm³/mol. The summed E-state index contributed by atoms with van der Waals surface area (Å²) in [6, 6.07) is 19.2. The fourth-order valence-corrected chi connectivity index (χ4v) is 9.39. The molecule has 0 spiro atoms. The zero-order valence-electron chi connectivity index (χ0n) is 37.4. The first-order valence-corrected chi connectivity index (χ1v) is 21.8. The highest BCUT2D eigenvalue weighted by atomic mass is 31.1. The molecule has 4 heteroatoms. The van der Waals surface area contributed by atoms with Crippen LogP contribution in [-0.4, -0.2) is 6.04 Å². The third kappa shape index (κ3) is 8.93. The van der Waals surface area contributed by atoms with Crippen LogP contribution in [0.4, 0.5) is 5.69 Å². The number of fused-ring (bicyclic) bond motifs is 3. The monoisotopic (exact) mass is 742 g/mol. The van der Waals surface area contributed by atoms with E-state index in [-0.39, 0.29) is 38.5 Å². The Kier molecular flexibility index (Phi) is 12.3. The van der Waals surface area contributed by atoms with Crippen molar-refractivity contribution in [3.05, 3.63) is 76.3 Å². The van der Waals surface area contributed by atoms with E-state index >= 15 is 0 Å². The van der Waals surface area contributed by atoms with Gasteiger partial charge in [0.25, 0.3) is 0 Å². The fourth-order valence-electron chi connectivity index (χ4n) is 7.77. The van der Waals surface area contributed by atoms with Crippen molar-refractivity contribution in [2.45, 2.75) is 197 Å². The molecule has 1 heterocycles. The predicted octanol–water partition coefficient (Wildman–Crippen LogP) is 16.4. The molecule has 0 fully saturated rings. The molecule has 0 aliphatic rings. The lowest BCUT2D eigenvalue weighted by atomic mass is 9.72. The van der Waals surface area contributed by atoms with Gasteiger partial charge in [0, 0.05) is 33.6 Å². The summed E-state index contributed by atoms with van der Waals surface area (Å²) >= 11 is 0. The standard InChI is InChI=1S/C49H76NO2P/c1-20-45(10,11)35-28-38-39-29-36(46(12,13)21-2)31-41(48(16,17)23-4)43(39)52-53(51-42(38)40(30-35)47(14,15)22-3)50(33(5)6)37-26-24-34(25-27-37)49(18,19)32-44(7,8)9/h24-31,33H,20-23,32H2,1-19H3. The van der Waals surface area contributed by atoms with Gasteiger partial charge in [0.2, 0.25) is 0 Å². The molecule has 0 N–H and O–H groups in total. The molecule has 53 heavy (non-hydrogen) atoms. The van der Waals surface area contributed by atoms with Gasteiger partial charge >= 0.3 is 8.16 Å². The van der Waals surface area contributed by atoms with Crippen LogP contribution in [0, 0.1) is 5.41 Å². The second-order valence-corrected chi connectivity index (χ2v) is 22.0. The first kappa shape index (κ1) is 43.1. The summed E-state index contributed by atoms with van der Waals surface area (Å²) in [4.78, 5) is 0. The molecular weight excluding hydrogens is 666 g/mol. The van der Waals surface area contributed by atoms with Gasteiger partial charge in [-0.1, -0.05) is 142 Å². The normalized spacial score (nSPS) is 13.7. The van der Waals surface area contributed by atoms with Crippen LogP contribution in [0.3, 0.4) is 0 Å². The van der Waals surface area contributed by atoms with E-state index in [0.717, 1.165) is 49.0 Å². The SMILES string of the molecule is CCC(C)(C)c1cc(C(C)(C)CC)c2op(N(c3ccc(C(C)(C)CC(C)(C)C)cc3)C(C)C)oc3c(C(C)(C)CC)cc(C(C)(C)CC)cc3c2c1. The Hall–Kier alpha value is -2.64. The molecular formula is C49H76NO2P. The Morgan fingerprint density at radius 2 is 0.887 bits per heavy atom. The second kappa shape index (κ2) is 15.1. The number of rotatable bonds is 13. The Morgan fingerprint density at radius 1 is 0.509 bits per heavy atom. The third-order valence-corrected chi connectivity index (χ3v) is 14.6. The molecule has 4 rings (SSSR count). The van der Waals surface area contributed by atoms with Gasteiger partial charge in [-0.2, -0.15) is 0 Å². The summed E-state index contributed by atoms with van der Waals surface area (Å²) in [6.45, 7) is 44.6. The molecule has 0 bridgehead atoms. The van der Waals surface area contributed by atoms with Crippen LogP contribution in [0.1, 0.15) is 191 Å². The van der Waals surface area contributed by atoms with Gasteiger partial charge in [0.15, 0.2) is 0 Å². The van der Waals surface area contributed by atoms with Crippen molar-refractivity contribution in [3.63, 3.8) is 0 Å². The molecule has 0 aliphatic carbocycles. The van der Waals surface area contributed by atoms with Crippen molar-refractivity contribution in [3.8, 4) is 0 Å². The largest absolute Gasteiger partial charge is 0.403 e. The molecule has 0 radical (unpaired) electrons. The Labute approximate surface area is 326 Å². The number of anilines is 1. The molecule has 0 unspecified atom stereocenters. The highest BCUT2D eigenvalue weighted by Gasteiger charge is 2.33. The lowest BCUT2D eigenvalue weighted by Crippen LogP contribution is -2.25. The van der Waals surface area contributed by atoms with Gasteiger partial charge in [-0.15, -0.1) is 0 Å². The Balaban J connectivity index is 2.28. The van der Waals surface area contributed by atoms with Crippen molar-refractivity contribution < 1.29 is 8.39 Å². The average molecular weight is 742 g/mol. The second-order valence-electron chi connectivity index (χ2n) is 20.8. The van der Waals surface area contributed by atoms with Crippen LogP contribution in [-0.2, 0) is 27.1 Å². The molecule has 0 aliphatic heterocycles. The molecule has 0 saturated carbocycles. The molecule has 0 saturated heterocycles. The quantitative estimate of drug-likeness (QED) is 0.137. The molecule has 4 aromatic rings. The van der Waals surface area contributed by atoms with E-state index in [0.29, 0.717) is 0 Å². The van der Waals surface area contributed by atoms with E-state index in [2.05, 4.69) is 185 Å². The smallest absolute Gasteiger partial charge is 0.341 e. The summed E-state index contributed by atoms with van der Waals surface area (Å²) in [7, 11) is -1.60. The van der Waals surface area contributed by atoms with Crippen LogP contribution >= 0.6 is 8.16 Å². The lowest BCUT2D eigenvalue weighted by Gasteiger charge is -2.33. The van der Waals surface area contributed by atoms with Crippen LogP contribution in [0.15, 0.2) is 56.9 Å². The van der Waals surface area contributed by atoms with Crippen molar-refractivity contribution in [1.82, 2.24) is 0 Å². The minimum atomic E-state index is -1.60. The van der Waals surface area contributed by atoms with E-state index in [9.17, 15) is 0 Å². The summed E-state index contributed by atoms with van der Waals surface area (Å²) in [5, 5.41) is 2.34. The summed E-state index contributed by atoms with van der Waals surface area (Å²) in [6.07, 6.45) is 5.21. The zero-order valence-corrected chi connectivity index (χ0v) is 38.3. The van der Waals surface area contributed by atoms with Gasteiger partial charge in [0.05, 0.1) is 0 Å². The highest BCUT2D eigenvalue weighted by Crippen LogP contribution is 2.50. The number of benzene rings is 3. The first-order chi connectivity index (χ1) is 24.2. The van der Waals surface area contributed by atoms with Gasteiger partial charge in [0.1, 0.15) is 11.2 Å². The molecule has 3 aromatic carbocycles. The Morgan fingerprint density at radius 3 is 1.21 bits per heavy atom. The highest BCUT2D eigenvalue weighted by molar-refractivity contribution is 7.39. The van der Waals surface area contributed by atoms with Gasteiger partial charge in [-0.05, 0) is 119 Å². The maximum absolute atomic E-state index is 7.52. The van der Waals surface area contributed by atoms with Crippen LogP contribution in [0.25, 0.3) is 21.9 Å². The maximum atomic E-state index is 7.52. The van der Waals surface area contributed by atoms with Crippen LogP contribution in [0.2, 0.25) is 0 Å². The van der Waals surface area contributed by atoms with Gasteiger partial charge in [-0.3, -0.25) is 4.67 Å². The minimum Gasteiger partial charge on any atom is -0.403 e. The van der Waals surface area contributed by atoms with Gasteiger partial charge in [-0.25, -0.2) is 0 Å². The molecule has 294 valence electrons. The fraction of sp³-hybridized carbons (Fsp3) is 0.633. The maximum Gasteiger partial charge on any atom is 0.341 e. The van der Waals surface area contributed by atoms with E-state index in [4.69, 9.17) is 8.39 Å². The lowest BCUT2D eigenvalue weighted by molar-refractivity contribution is 0.284. The number of hydrogen-bond donors (Lipinski definition) is 0. The summed E-state index contributed by atoms with van der Waals surface area (Å²) in [5.74, 6) is 0. The average Bonchev–Trinajstić information content (AvgIpc) is 3.23. The van der Waals surface area contributed by atoms with E-state index in [1.165, 1.54) is 38.6 Å². The van der Waals surface area contributed by atoms with E-state index in [1.807, 2.05) is 0 Å². The Bertz CT molecular complexity index is 1830. The molecule has 0 amide bonds. The van der Waals surface area contributed by atoms with Crippen molar-refractivity contribution >= 4 is 35.8 Å². The van der Waals surface area contributed by atoms with Crippen molar-refractivity contribution in [2.24, 2.45) is 5.41 Å². The zero-order chi connectivity index (χ0) is 40.1. The first-order valence-electron chi connectivity index (χ1n) is 20.7. The van der Waals surface area contributed by atoms with Crippen molar-refractivity contribution in [2.75, 3.05) is 4.67 Å². The van der Waals surface area contributed by atoms with E-state index in [1.54, 1.807) is 0 Å². The number of nitrogens with zero attached hydrogens (tertiary/aromatic N) is 1. The molecule has 3 nitrogen and oxygen atoms in total. The molecule has 0 atom stereocenters. The summed E-state index contributed by atoms with van der Waals surface area (Å²) < 4.78 is 17.5. The van der Waals surface area contributed by atoms with Crippen LogP contribution in [0.5, 0.6) is 0 Å². The minimum absolute atomic E-state index is 0.00393. The topological polar surface area (TPSA) is 29.5 Å². The summed E-state index contributed by atoms with van der Waals surface area (Å²) in [5.41, 5.74) is 9.84. The van der Waals surface area contributed by atoms with Gasteiger partial charge < -0.3 is 8.39 Å². The van der Waals surface area contributed by atoms with Crippen molar-refractivity contribution in [1.29, 1.82) is 0 Å².